The van der Waals surface area contributed by atoms with Gasteiger partial charge in [-0.3, -0.25) is 14.5 Å². The number of hydrogen-bond acceptors (Lipinski definition) is 5. The molecule has 2 atom stereocenters. The van der Waals surface area contributed by atoms with E-state index in [-0.39, 0.29) is 6.04 Å². The van der Waals surface area contributed by atoms with E-state index in [1.807, 2.05) is 0 Å². The van der Waals surface area contributed by atoms with Gasteiger partial charge >= 0.3 is 11.9 Å². The Bertz CT molecular complexity index is 224. The van der Waals surface area contributed by atoms with E-state index in [1.165, 1.54) is 0 Å². The summed E-state index contributed by atoms with van der Waals surface area (Å²) in [6.45, 7) is 1.64. The molecule has 0 fully saturated rings. The summed E-state index contributed by atoms with van der Waals surface area (Å²) >= 11 is 3.81. The lowest BCUT2D eigenvalue weighted by Gasteiger charge is -2.13. The summed E-state index contributed by atoms with van der Waals surface area (Å²) in [6, 6.07) is -1.12. The molecule has 0 aromatic rings. The van der Waals surface area contributed by atoms with Crippen molar-refractivity contribution in [1.29, 1.82) is 0 Å². The van der Waals surface area contributed by atoms with Gasteiger partial charge in [0.2, 0.25) is 0 Å². The number of likely N-dealkylation sites (N-methyl/N-ethyl adjacent to an activating group) is 1. The molecule has 0 aromatic heterocycles. The fourth-order valence-electron chi connectivity index (χ4n) is 0.483. The van der Waals surface area contributed by atoms with E-state index < -0.39 is 18.0 Å². The Morgan fingerprint density at radius 3 is 1.81 bits per heavy atom. The molecule has 0 amide bonds. The molecule has 0 bridgehead atoms. The molecule has 0 saturated heterocycles. The van der Waals surface area contributed by atoms with Crippen LogP contribution in [0.1, 0.15) is 13.3 Å². The maximum Gasteiger partial charge on any atom is 0.320 e. The summed E-state index contributed by atoms with van der Waals surface area (Å²) in [5, 5.41) is 16.5. The van der Waals surface area contributed by atoms with Gasteiger partial charge in [0, 0.05) is 0 Å². The van der Waals surface area contributed by atoms with Crippen LogP contribution in [0.5, 0.6) is 0 Å². The number of thiol groups is 1. The summed E-state index contributed by atoms with van der Waals surface area (Å²) in [7, 11) is 3.47. The van der Waals surface area contributed by atoms with Crippen LogP contribution in [0.25, 0.3) is 0 Å². The first-order chi connectivity index (χ1) is 7.23. The van der Waals surface area contributed by atoms with Crippen LogP contribution in [-0.4, -0.2) is 59.0 Å². The molecule has 16 heavy (non-hydrogen) atoms. The zero-order valence-electron chi connectivity index (χ0n) is 9.75. The molecule has 0 saturated carbocycles. The summed E-state index contributed by atoms with van der Waals surface area (Å²) in [4.78, 5) is 21.7. The fourth-order valence-corrected chi connectivity index (χ4v) is 0.762. The minimum atomic E-state index is -0.959. The Morgan fingerprint density at radius 1 is 1.31 bits per heavy atom. The predicted octanol–water partition coefficient (Wildman–Crippen LogP) is -0.261. The van der Waals surface area contributed by atoms with Crippen molar-refractivity contribution in [3.8, 4) is 0 Å². The monoisotopic (exact) mass is 252 g/mol. The average molecular weight is 252 g/mol. The fraction of sp³-hybridized carbons (Fsp3) is 0.778. The topological polar surface area (TPSA) is 104 Å². The third-order valence-corrected chi connectivity index (χ3v) is 2.15. The Morgan fingerprint density at radius 2 is 1.75 bits per heavy atom. The first-order valence-electron chi connectivity index (χ1n) is 4.72. The highest BCUT2D eigenvalue weighted by atomic mass is 32.1. The molecule has 7 heteroatoms. The second-order valence-corrected chi connectivity index (χ2v) is 3.88. The van der Waals surface area contributed by atoms with Crippen LogP contribution in [0.2, 0.25) is 0 Å². The van der Waals surface area contributed by atoms with Crippen molar-refractivity contribution in [1.82, 2.24) is 4.90 Å². The van der Waals surface area contributed by atoms with Crippen LogP contribution in [0, 0.1) is 0 Å². The smallest absolute Gasteiger partial charge is 0.320 e. The van der Waals surface area contributed by atoms with Gasteiger partial charge in [-0.2, -0.15) is 12.6 Å². The second-order valence-electron chi connectivity index (χ2n) is 3.43. The molecular formula is C9H20N2O4S. The quantitative estimate of drug-likeness (QED) is 0.503. The van der Waals surface area contributed by atoms with Gasteiger partial charge in [-0.15, -0.1) is 0 Å². The van der Waals surface area contributed by atoms with Gasteiger partial charge in [-0.25, -0.2) is 0 Å². The SMILES string of the molecule is CC(C(=O)O)N(C)C.NC(CCS)C(=O)O. The highest BCUT2D eigenvalue weighted by molar-refractivity contribution is 7.80. The van der Waals surface area contributed by atoms with Crippen molar-refractivity contribution in [2.45, 2.75) is 25.4 Å². The first kappa shape index (κ1) is 17.6. The van der Waals surface area contributed by atoms with Gasteiger partial charge in [0.1, 0.15) is 12.1 Å². The van der Waals surface area contributed by atoms with Crippen molar-refractivity contribution in [3.63, 3.8) is 0 Å². The Balaban J connectivity index is 0. The highest BCUT2D eigenvalue weighted by Crippen LogP contribution is 1.89. The maximum absolute atomic E-state index is 10.1. The van der Waals surface area contributed by atoms with Crippen LogP contribution in [0.3, 0.4) is 0 Å². The number of hydrogen-bond donors (Lipinski definition) is 4. The molecular weight excluding hydrogens is 232 g/mol. The molecule has 0 heterocycles. The van der Waals surface area contributed by atoms with Crippen molar-refractivity contribution in [3.05, 3.63) is 0 Å². The highest BCUT2D eigenvalue weighted by Gasteiger charge is 2.11. The summed E-state index contributed by atoms with van der Waals surface area (Å²) in [5.41, 5.74) is 5.08. The molecule has 0 aliphatic heterocycles. The number of nitrogens with zero attached hydrogens (tertiary/aromatic N) is 1. The van der Waals surface area contributed by atoms with E-state index in [0.717, 1.165) is 0 Å². The van der Waals surface area contributed by atoms with Gasteiger partial charge in [0.15, 0.2) is 0 Å². The molecule has 0 spiro atoms. The normalized spacial score (nSPS) is 13.6. The van der Waals surface area contributed by atoms with Gasteiger partial charge in [-0.1, -0.05) is 0 Å². The summed E-state index contributed by atoms with van der Waals surface area (Å²) in [5.74, 6) is -1.22. The molecule has 0 radical (unpaired) electrons. The largest absolute Gasteiger partial charge is 0.480 e. The lowest BCUT2D eigenvalue weighted by molar-refractivity contribution is -0.141. The van der Waals surface area contributed by atoms with Crippen molar-refractivity contribution >= 4 is 24.6 Å². The number of carboxylic acids is 2. The van der Waals surface area contributed by atoms with E-state index >= 15 is 0 Å². The first-order valence-corrected chi connectivity index (χ1v) is 5.35. The number of carboxylic acid groups (broad SMARTS) is 2. The van der Waals surface area contributed by atoms with E-state index in [0.29, 0.717) is 12.2 Å². The Kier molecular flexibility index (Phi) is 10.4. The molecule has 4 N–H and O–H groups in total. The average Bonchev–Trinajstić information content (AvgIpc) is 2.17. The third kappa shape index (κ3) is 9.75. The minimum absolute atomic E-state index is 0.380. The van der Waals surface area contributed by atoms with E-state index in [4.69, 9.17) is 15.9 Å². The maximum atomic E-state index is 10.1. The van der Waals surface area contributed by atoms with Crippen molar-refractivity contribution in [2.75, 3.05) is 19.8 Å². The molecule has 2 unspecified atom stereocenters. The van der Waals surface area contributed by atoms with Gasteiger partial charge in [-0.05, 0) is 33.2 Å². The summed E-state index contributed by atoms with van der Waals surface area (Å²) in [6.07, 6.45) is 0.429. The van der Waals surface area contributed by atoms with Crippen LogP contribution in [0.4, 0.5) is 0 Å². The van der Waals surface area contributed by atoms with E-state index in [1.54, 1.807) is 25.9 Å². The van der Waals surface area contributed by atoms with Crippen molar-refractivity contribution < 1.29 is 19.8 Å². The minimum Gasteiger partial charge on any atom is -0.480 e. The van der Waals surface area contributed by atoms with Crippen LogP contribution < -0.4 is 5.73 Å². The van der Waals surface area contributed by atoms with Gasteiger partial charge in [0.05, 0.1) is 0 Å². The molecule has 0 rings (SSSR count). The molecule has 0 aromatic carbocycles. The molecule has 96 valence electrons. The van der Waals surface area contributed by atoms with Crippen molar-refractivity contribution in [2.24, 2.45) is 5.73 Å². The zero-order chi connectivity index (χ0) is 13.3. The van der Waals surface area contributed by atoms with Gasteiger partial charge < -0.3 is 15.9 Å². The Hall–Kier alpha value is -0.790. The second kappa shape index (κ2) is 9.44. The lowest BCUT2D eigenvalue weighted by Crippen LogP contribution is -2.32. The van der Waals surface area contributed by atoms with E-state index in [2.05, 4.69) is 12.6 Å². The predicted molar refractivity (Wildman–Crippen MR) is 64.9 cm³/mol. The molecule has 6 nitrogen and oxygen atoms in total. The van der Waals surface area contributed by atoms with Crippen LogP contribution >= 0.6 is 12.6 Å². The summed E-state index contributed by atoms with van der Waals surface area (Å²) < 4.78 is 0. The van der Waals surface area contributed by atoms with Gasteiger partial charge in [0.25, 0.3) is 0 Å². The third-order valence-electron chi connectivity index (χ3n) is 1.89. The number of carbonyl (C=O) groups is 2. The zero-order valence-corrected chi connectivity index (χ0v) is 10.6. The van der Waals surface area contributed by atoms with Crippen LogP contribution in [-0.2, 0) is 9.59 Å². The van der Waals surface area contributed by atoms with Crippen LogP contribution in [0.15, 0.2) is 0 Å². The molecule has 0 aliphatic carbocycles. The standard InChI is InChI=1S/C5H11NO2.C4H9NO2S/c1-4(5(7)8)6(2)3;5-3(1-2-8)4(6)7/h4H,1-3H3,(H,7,8);3,8H,1-2,5H2,(H,6,7). The van der Waals surface area contributed by atoms with E-state index in [9.17, 15) is 9.59 Å². The number of nitrogens with two attached hydrogens (primary N) is 1. The molecule has 0 aliphatic rings. The lowest BCUT2D eigenvalue weighted by atomic mass is 10.2. The number of aliphatic carboxylic acids is 2. The number of rotatable bonds is 5. The Labute approximate surface area is 101 Å².